The summed E-state index contributed by atoms with van der Waals surface area (Å²) in [5, 5.41) is 7.93. The second-order valence-electron chi connectivity index (χ2n) is 6.37. The number of hydrogen-bond donors (Lipinski definition) is 3. The van der Waals surface area contributed by atoms with Gasteiger partial charge in [-0.05, 0) is 31.2 Å². The van der Waals surface area contributed by atoms with E-state index in [0.717, 1.165) is 5.56 Å². The number of urea groups is 1. The average Bonchev–Trinajstić information content (AvgIpc) is 2.74. The van der Waals surface area contributed by atoms with Crippen LogP contribution in [0.4, 0.5) is 10.5 Å². The van der Waals surface area contributed by atoms with E-state index in [2.05, 4.69) is 30.9 Å². The Kier molecular flexibility index (Phi) is 6.51. The smallest absolute Gasteiger partial charge is 0.324 e. The fraction of sp³-hybridized carbons (Fsp3) is 0.250. The van der Waals surface area contributed by atoms with E-state index in [9.17, 15) is 9.59 Å². The number of benzene rings is 1. The molecular formula is C20H22N6O3. The Hall–Kier alpha value is -3.75. The number of aromatic nitrogens is 1. The molecule has 2 aromatic rings. The van der Waals surface area contributed by atoms with Crippen molar-refractivity contribution < 1.29 is 14.3 Å². The number of carbonyl (C=O) groups is 2. The minimum Gasteiger partial charge on any atom is -0.487 e. The van der Waals surface area contributed by atoms with Crippen molar-refractivity contribution in [2.24, 2.45) is 9.98 Å². The van der Waals surface area contributed by atoms with E-state index >= 15 is 0 Å². The van der Waals surface area contributed by atoms with Crippen molar-refractivity contribution in [1.29, 1.82) is 0 Å². The molecule has 0 saturated carbocycles. The average molecular weight is 394 g/mol. The highest BCUT2D eigenvalue weighted by molar-refractivity contribution is 6.33. The number of amidine groups is 1. The lowest BCUT2D eigenvalue weighted by molar-refractivity contribution is 0.0962. The number of hydrogen-bond acceptors (Lipinski definition) is 6. The first-order valence-corrected chi connectivity index (χ1v) is 9.08. The third-order valence-corrected chi connectivity index (χ3v) is 4.05. The van der Waals surface area contributed by atoms with Gasteiger partial charge in [-0.2, -0.15) is 0 Å². The predicted molar refractivity (Wildman–Crippen MR) is 111 cm³/mol. The van der Waals surface area contributed by atoms with Crippen LogP contribution in [0, 0.1) is 0 Å². The second-order valence-corrected chi connectivity index (χ2v) is 6.37. The summed E-state index contributed by atoms with van der Waals surface area (Å²) in [5.74, 6) is 0.493. The summed E-state index contributed by atoms with van der Waals surface area (Å²) in [6.45, 7) is 2.70. The van der Waals surface area contributed by atoms with E-state index in [1.165, 1.54) is 6.21 Å². The Bertz CT molecular complexity index is 942. The molecule has 1 aliphatic rings. The molecule has 0 fully saturated rings. The Morgan fingerprint density at radius 3 is 2.79 bits per heavy atom. The molecule has 0 bridgehead atoms. The van der Waals surface area contributed by atoms with E-state index in [0.29, 0.717) is 29.4 Å². The first-order chi connectivity index (χ1) is 14.0. The van der Waals surface area contributed by atoms with Crippen molar-refractivity contribution in [2.75, 3.05) is 18.9 Å². The molecule has 9 heteroatoms. The molecule has 0 aliphatic carbocycles. The van der Waals surface area contributed by atoms with Gasteiger partial charge in [0.1, 0.15) is 18.2 Å². The van der Waals surface area contributed by atoms with Gasteiger partial charge in [0.05, 0.1) is 24.5 Å². The summed E-state index contributed by atoms with van der Waals surface area (Å²) in [4.78, 5) is 36.8. The van der Waals surface area contributed by atoms with Crippen molar-refractivity contribution >= 4 is 29.7 Å². The lowest BCUT2D eigenvalue weighted by atomic mass is 10.1. The van der Waals surface area contributed by atoms with Crippen molar-refractivity contribution in [3.8, 4) is 5.75 Å². The number of carbonyl (C=O) groups excluding carboxylic acids is 2. The van der Waals surface area contributed by atoms with Crippen molar-refractivity contribution in [1.82, 2.24) is 15.6 Å². The molecular weight excluding hydrogens is 372 g/mol. The van der Waals surface area contributed by atoms with Crippen LogP contribution in [0.25, 0.3) is 0 Å². The Morgan fingerprint density at radius 2 is 2.10 bits per heavy atom. The van der Waals surface area contributed by atoms with Gasteiger partial charge in [-0.1, -0.05) is 6.07 Å². The summed E-state index contributed by atoms with van der Waals surface area (Å²) >= 11 is 0. The molecule has 150 valence electrons. The van der Waals surface area contributed by atoms with Gasteiger partial charge in [0.25, 0.3) is 5.91 Å². The van der Waals surface area contributed by atoms with E-state index in [4.69, 9.17) is 4.74 Å². The van der Waals surface area contributed by atoms with Gasteiger partial charge in [-0.25, -0.2) is 4.79 Å². The highest BCUT2D eigenvalue weighted by Crippen LogP contribution is 2.27. The molecule has 1 aliphatic heterocycles. The molecule has 3 N–H and O–H groups in total. The highest BCUT2D eigenvalue weighted by atomic mass is 16.5. The molecule has 2 heterocycles. The summed E-state index contributed by atoms with van der Waals surface area (Å²) in [6.07, 6.45) is 4.89. The molecule has 0 saturated heterocycles. The van der Waals surface area contributed by atoms with Crippen LogP contribution < -0.4 is 20.7 Å². The van der Waals surface area contributed by atoms with Crippen molar-refractivity contribution in [3.63, 3.8) is 0 Å². The number of ether oxygens (including phenoxy) is 1. The zero-order chi connectivity index (χ0) is 20.6. The van der Waals surface area contributed by atoms with Crippen LogP contribution in [0.15, 0.2) is 52.7 Å². The summed E-state index contributed by atoms with van der Waals surface area (Å²) in [6, 6.07) is 8.09. The van der Waals surface area contributed by atoms with Gasteiger partial charge in [-0.15, -0.1) is 0 Å². The number of amides is 3. The van der Waals surface area contributed by atoms with Gasteiger partial charge in [0.15, 0.2) is 0 Å². The molecule has 1 aromatic carbocycles. The van der Waals surface area contributed by atoms with E-state index in [-0.39, 0.29) is 18.6 Å². The molecule has 0 spiro atoms. The molecule has 9 nitrogen and oxygen atoms in total. The fourth-order valence-corrected chi connectivity index (χ4v) is 2.53. The van der Waals surface area contributed by atoms with E-state index in [1.807, 2.05) is 13.0 Å². The first-order valence-electron chi connectivity index (χ1n) is 9.08. The van der Waals surface area contributed by atoms with E-state index < -0.39 is 6.03 Å². The number of anilines is 1. The SMILES string of the molecule is CNC(=O)c1ccc(NC(=O)NC2=NCC(C)N=C2)c(OCc2cccnc2)c1. The fourth-order valence-electron chi connectivity index (χ4n) is 2.53. The van der Waals surface area contributed by atoms with Crippen LogP contribution in [0.3, 0.4) is 0 Å². The Labute approximate surface area is 168 Å². The quantitative estimate of drug-likeness (QED) is 0.719. The van der Waals surface area contributed by atoms with Crippen LogP contribution in [0.1, 0.15) is 22.8 Å². The maximum absolute atomic E-state index is 12.4. The zero-order valence-corrected chi connectivity index (χ0v) is 16.2. The van der Waals surface area contributed by atoms with Crippen LogP contribution >= 0.6 is 0 Å². The summed E-state index contributed by atoms with van der Waals surface area (Å²) in [5.41, 5.74) is 1.69. The number of pyridine rings is 1. The molecule has 0 radical (unpaired) electrons. The number of rotatable bonds is 5. The van der Waals surface area contributed by atoms with E-state index in [1.54, 1.807) is 43.7 Å². The molecule has 3 amide bonds. The van der Waals surface area contributed by atoms with Gasteiger partial charge in [-0.3, -0.25) is 25.1 Å². The largest absolute Gasteiger partial charge is 0.487 e. The lowest BCUT2D eigenvalue weighted by Gasteiger charge is -2.15. The van der Waals surface area contributed by atoms with Crippen LogP contribution in [0.5, 0.6) is 5.75 Å². The molecule has 1 unspecified atom stereocenters. The normalized spacial score (nSPS) is 15.2. The Morgan fingerprint density at radius 1 is 1.24 bits per heavy atom. The zero-order valence-electron chi connectivity index (χ0n) is 16.2. The number of aliphatic imine (C=N–C) groups is 2. The lowest BCUT2D eigenvalue weighted by Crippen LogP contribution is -2.37. The maximum atomic E-state index is 12.4. The molecule has 1 atom stereocenters. The Balaban J connectivity index is 1.74. The van der Waals surface area contributed by atoms with Crippen LogP contribution in [-0.4, -0.2) is 48.6 Å². The van der Waals surface area contributed by atoms with Gasteiger partial charge >= 0.3 is 6.03 Å². The minimum absolute atomic E-state index is 0.105. The molecule has 1 aromatic heterocycles. The molecule has 3 rings (SSSR count). The molecule has 29 heavy (non-hydrogen) atoms. The predicted octanol–water partition coefficient (Wildman–Crippen LogP) is 2.01. The third kappa shape index (κ3) is 5.61. The monoisotopic (exact) mass is 394 g/mol. The number of nitrogens with one attached hydrogen (secondary N) is 3. The minimum atomic E-state index is -0.483. The van der Waals surface area contributed by atoms with Gasteiger partial charge < -0.3 is 15.4 Å². The highest BCUT2D eigenvalue weighted by Gasteiger charge is 2.14. The summed E-state index contributed by atoms with van der Waals surface area (Å²) < 4.78 is 5.84. The van der Waals surface area contributed by atoms with Gasteiger partial charge in [0, 0.05) is 30.6 Å². The van der Waals surface area contributed by atoms with Crippen molar-refractivity contribution in [3.05, 3.63) is 53.9 Å². The topological polar surface area (TPSA) is 117 Å². The van der Waals surface area contributed by atoms with Crippen LogP contribution in [-0.2, 0) is 6.61 Å². The van der Waals surface area contributed by atoms with Crippen LogP contribution in [0.2, 0.25) is 0 Å². The third-order valence-electron chi connectivity index (χ3n) is 4.05. The maximum Gasteiger partial charge on any atom is 0.324 e. The standard InChI is InChI=1S/C20H22N6O3/c1-13-9-24-18(11-23-13)26-20(28)25-16-6-5-15(19(27)21-2)8-17(16)29-12-14-4-3-7-22-10-14/h3-8,10-11,13H,9,12H2,1-2H3,(H,21,27)(H2,24,25,26,28). The van der Waals surface area contributed by atoms with Gasteiger partial charge in [0.2, 0.25) is 0 Å². The second kappa shape index (κ2) is 9.45. The summed E-state index contributed by atoms with van der Waals surface area (Å²) in [7, 11) is 1.55. The number of nitrogens with zero attached hydrogens (tertiary/aromatic N) is 3. The van der Waals surface area contributed by atoms with Crippen molar-refractivity contribution in [2.45, 2.75) is 19.6 Å². The first kappa shape index (κ1) is 20.0.